The van der Waals surface area contributed by atoms with E-state index < -0.39 is 0 Å². The van der Waals surface area contributed by atoms with Gasteiger partial charge in [0.1, 0.15) is 5.56 Å². The van der Waals surface area contributed by atoms with E-state index in [-0.39, 0.29) is 18.2 Å². The van der Waals surface area contributed by atoms with Crippen LogP contribution in [0.2, 0.25) is 5.02 Å². The Bertz CT molecular complexity index is 755. The quantitative estimate of drug-likeness (QED) is 0.792. The van der Waals surface area contributed by atoms with E-state index >= 15 is 0 Å². The van der Waals surface area contributed by atoms with E-state index in [4.69, 9.17) is 21.1 Å². The first-order chi connectivity index (χ1) is 11.5. The second kappa shape index (κ2) is 6.95. The zero-order valence-corrected chi connectivity index (χ0v) is 14.8. The smallest absolute Gasteiger partial charge is 0.341 e. The number of morpholine rings is 1. The van der Waals surface area contributed by atoms with Gasteiger partial charge in [0.05, 0.1) is 35.0 Å². The summed E-state index contributed by atoms with van der Waals surface area (Å²) in [4.78, 5) is 19.0. The minimum Gasteiger partial charge on any atom is -0.462 e. The third kappa shape index (κ3) is 3.19. The van der Waals surface area contributed by atoms with E-state index in [9.17, 15) is 4.79 Å². The minimum atomic E-state index is -0.367. The largest absolute Gasteiger partial charge is 0.462 e. The van der Waals surface area contributed by atoms with Crippen molar-refractivity contribution in [3.8, 4) is 0 Å². The lowest BCUT2D eigenvalue weighted by Crippen LogP contribution is -2.46. The van der Waals surface area contributed by atoms with Crippen molar-refractivity contribution in [1.29, 1.82) is 0 Å². The molecule has 0 bridgehead atoms. The Labute approximate surface area is 146 Å². The highest BCUT2D eigenvalue weighted by Gasteiger charge is 2.28. The number of esters is 1. The van der Waals surface area contributed by atoms with Crippen molar-refractivity contribution in [3.05, 3.63) is 35.0 Å². The summed E-state index contributed by atoms with van der Waals surface area (Å²) in [5.41, 5.74) is 1.98. The highest BCUT2D eigenvalue weighted by molar-refractivity contribution is 6.35. The van der Waals surface area contributed by atoms with Crippen LogP contribution in [0.15, 0.2) is 24.4 Å². The summed E-state index contributed by atoms with van der Waals surface area (Å²) < 4.78 is 11.0. The number of carbonyl (C=O) groups is 1. The number of hydrogen-bond donors (Lipinski definition) is 0. The second-order valence-electron chi connectivity index (χ2n) is 6.04. The van der Waals surface area contributed by atoms with Crippen molar-refractivity contribution >= 4 is 34.2 Å². The molecule has 1 aliphatic rings. The number of hydrogen-bond acceptors (Lipinski definition) is 5. The van der Waals surface area contributed by atoms with Gasteiger partial charge < -0.3 is 14.4 Å². The third-order valence-corrected chi connectivity index (χ3v) is 4.36. The van der Waals surface area contributed by atoms with Crippen LogP contribution in [0, 0.1) is 0 Å². The molecule has 0 aliphatic carbocycles. The summed E-state index contributed by atoms with van der Waals surface area (Å²) in [5, 5.41) is 1.42. The van der Waals surface area contributed by atoms with Crippen molar-refractivity contribution in [2.45, 2.75) is 33.0 Å². The van der Waals surface area contributed by atoms with Gasteiger partial charge in [-0.05, 0) is 26.8 Å². The summed E-state index contributed by atoms with van der Waals surface area (Å²) in [5.74, 6) is -0.367. The Morgan fingerprint density at radius 3 is 2.75 bits per heavy atom. The van der Waals surface area contributed by atoms with Crippen molar-refractivity contribution in [3.63, 3.8) is 0 Å². The topological polar surface area (TPSA) is 51.7 Å². The van der Waals surface area contributed by atoms with Crippen LogP contribution in [0.4, 0.5) is 5.69 Å². The van der Waals surface area contributed by atoms with Crippen molar-refractivity contribution in [2.24, 2.45) is 0 Å². The minimum absolute atomic E-state index is 0.0752. The molecule has 2 heterocycles. The molecule has 0 N–H and O–H groups in total. The summed E-state index contributed by atoms with van der Waals surface area (Å²) >= 11 is 6.30. The molecular formula is C18H21ClN2O3. The molecule has 24 heavy (non-hydrogen) atoms. The van der Waals surface area contributed by atoms with Gasteiger partial charge in [-0.25, -0.2) is 4.79 Å². The summed E-state index contributed by atoms with van der Waals surface area (Å²) in [6.07, 6.45) is 1.71. The SMILES string of the molecule is CCOC(=O)c1cnc2c(Cl)cccc2c1N1CC(C)OC(C)C1. The summed E-state index contributed by atoms with van der Waals surface area (Å²) in [6, 6.07) is 5.62. The first-order valence-corrected chi connectivity index (χ1v) is 8.53. The molecule has 1 aliphatic heterocycles. The molecule has 0 saturated carbocycles. The molecular weight excluding hydrogens is 328 g/mol. The van der Waals surface area contributed by atoms with Crippen LogP contribution in [0.25, 0.3) is 10.9 Å². The Hall–Kier alpha value is -1.85. The highest BCUT2D eigenvalue weighted by Crippen LogP contribution is 2.34. The summed E-state index contributed by atoms with van der Waals surface area (Å²) in [7, 11) is 0. The fourth-order valence-corrected chi connectivity index (χ4v) is 3.46. The molecule has 3 rings (SSSR count). The molecule has 2 unspecified atom stereocenters. The van der Waals surface area contributed by atoms with E-state index in [1.165, 1.54) is 0 Å². The monoisotopic (exact) mass is 348 g/mol. The average Bonchev–Trinajstić information content (AvgIpc) is 2.53. The van der Waals surface area contributed by atoms with Crippen molar-refractivity contribution < 1.29 is 14.3 Å². The lowest BCUT2D eigenvalue weighted by atomic mass is 10.1. The fraction of sp³-hybridized carbons (Fsp3) is 0.444. The van der Waals surface area contributed by atoms with Crippen LogP contribution in [0.1, 0.15) is 31.1 Å². The maximum Gasteiger partial charge on any atom is 0.341 e. The predicted octanol–water partition coefficient (Wildman–Crippen LogP) is 3.68. The molecule has 0 amide bonds. The van der Waals surface area contributed by atoms with E-state index in [0.29, 0.717) is 35.8 Å². The standard InChI is InChI=1S/C18H21ClN2O3/c1-4-23-18(22)14-8-20-16-13(6-5-7-15(16)19)17(14)21-9-11(2)24-12(3)10-21/h5-8,11-12H,4,9-10H2,1-3H3. The first kappa shape index (κ1) is 17.0. The summed E-state index contributed by atoms with van der Waals surface area (Å²) in [6.45, 7) is 7.57. The van der Waals surface area contributed by atoms with Gasteiger partial charge >= 0.3 is 5.97 Å². The Balaban J connectivity index is 2.19. The number of para-hydroxylation sites is 1. The molecule has 2 aromatic rings. The number of nitrogens with zero attached hydrogens (tertiary/aromatic N) is 2. The number of aromatic nitrogens is 1. The number of carbonyl (C=O) groups excluding carboxylic acids is 1. The predicted molar refractivity (Wildman–Crippen MR) is 94.9 cm³/mol. The zero-order chi connectivity index (χ0) is 17.3. The Kier molecular flexibility index (Phi) is 4.92. The van der Waals surface area contributed by atoms with E-state index in [1.807, 2.05) is 26.0 Å². The maximum atomic E-state index is 12.4. The van der Waals surface area contributed by atoms with E-state index in [1.54, 1.807) is 19.2 Å². The van der Waals surface area contributed by atoms with Gasteiger partial charge in [0.2, 0.25) is 0 Å². The Morgan fingerprint density at radius 1 is 1.38 bits per heavy atom. The zero-order valence-electron chi connectivity index (χ0n) is 14.1. The maximum absolute atomic E-state index is 12.4. The molecule has 1 aromatic heterocycles. The van der Waals surface area contributed by atoms with Crippen LogP contribution in [0.3, 0.4) is 0 Å². The third-order valence-electron chi connectivity index (χ3n) is 4.05. The molecule has 0 radical (unpaired) electrons. The molecule has 0 spiro atoms. The second-order valence-corrected chi connectivity index (χ2v) is 6.45. The van der Waals surface area contributed by atoms with Crippen LogP contribution in [-0.4, -0.2) is 42.9 Å². The number of ether oxygens (including phenoxy) is 2. The van der Waals surface area contributed by atoms with Crippen LogP contribution >= 0.6 is 11.6 Å². The van der Waals surface area contributed by atoms with Gasteiger partial charge in [0.15, 0.2) is 0 Å². The number of benzene rings is 1. The van der Waals surface area contributed by atoms with Crippen LogP contribution in [0.5, 0.6) is 0 Å². The fourth-order valence-electron chi connectivity index (χ4n) is 3.23. The molecule has 128 valence electrons. The number of halogens is 1. The number of fused-ring (bicyclic) bond motifs is 1. The van der Waals surface area contributed by atoms with Crippen molar-refractivity contribution in [1.82, 2.24) is 4.98 Å². The van der Waals surface area contributed by atoms with Gasteiger partial charge in [-0.2, -0.15) is 0 Å². The molecule has 5 nitrogen and oxygen atoms in total. The highest BCUT2D eigenvalue weighted by atomic mass is 35.5. The van der Waals surface area contributed by atoms with Crippen LogP contribution < -0.4 is 4.90 Å². The number of pyridine rings is 1. The van der Waals surface area contributed by atoms with Crippen LogP contribution in [-0.2, 0) is 9.47 Å². The lowest BCUT2D eigenvalue weighted by molar-refractivity contribution is -0.00526. The molecule has 6 heteroatoms. The molecule has 1 fully saturated rings. The average molecular weight is 349 g/mol. The van der Waals surface area contributed by atoms with Gasteiger partial charge in [0, 0.05) is 24.7 Å². The van der Waals surface area contributed by atoms with E-state index in [2.05, 4.69) is 9.88 Å². The molecule has 1 aromatic carbocycles. The normalized spacial score (nSPS) is 21.1. The van der Waals surface area contributed by atoms with Gasteiger partial charge in [-0.1, -0.05) is 23.7 Å². The van der Waals surface area contributed by atoms with Gasteiger partial charge in [-0.15, -0.1) is 0 Å². The molecule has 2 atom stereocenters. The van der Waals surface area contributed by atoms with E-state index in [0.717, 1.165) is 11.1 Å². The van der Waals surface area contributed by atoms with Crippen molar-refractivity contribution in [2.75, 3.05) is 24.6 Å². The van der Waals surface area contributed by atoms with Gasteiger partial charge in [0.25, 0.3) is 0 Å². The number of anilines is 1. The first-order valence-electron chi connectivity index (χ1n) is 8.16. The number of rotatable bonds is 3. The Morgan fingerprint density at radius 2 is 2.08 bits per heavy atom. The molecule has 1 saturated heterocycles. The lowest BCUT2D eigenvalue weighted by Gasteiger charge is -2.38. The van der Waals surface area contributed by atoms with Gasteiger partial charge in [-0.3, -0.25) is 4.98 Å².